The second-order valence-corrected chi connectivity index (χ2v) is 5.61. The van der Waals surface area contributed by atoms with Crippen LogP contribution in [0.5, 0.6) is 0 Å². The van der Waals surface area contributed by atoms with Crippen molar-refractivity contribution in [2.24, 2.45) is 0 Å². The molecule has 1 amide bonds. The largest absolute Gasteiger partial charge is 0.338 e. The Hall–Kier alpha value is -1.34. The van der Waals surface area contributed by atoms with Gasteiger partial charge in [-0.1, -0.05) is 29.3 Å². The zero-order valence-electron chi connectivity index (χ0n) is 13.0. The zero-order chi connectivity index (χ0) is 16.3. The Morgan fingerprint density at radius 3 is 2.52 bits per heavy atom. The maximum Gasteiger partial charge on any atom is 0.293 e. The first-order chi connectivity index (χ1) is 10.5. The molecule has 1 heterocycles. The summed E-state index contributed by atoms with van der Waals surface area (Å²) in [6, 6.07) is 5.17. The first-order valence-corrected chi connectivity index (χ1v) is 7.49. The number of aromatic nitrogens is 3. The van der Waals surface area contributed by atoms with Gasteiger partial charge in [-0.2, -0.15) is 0 Å². The van der Waals surface area contributed by atoms with Gasteiger partial charge in [0.2, 0.25) is 5.82 Å². The molecule has 2 rings (SSSR count). The maximum absolute atomic E-state index is 12.3. The van der Waals surface area contributed by atoms with Gasteiger partial charge >= 0.3 is 0 Å². The molecule has 2 aromatic rings. The van der Waals surface area contributed by atoms with Gasteiger partial charge in [0.15, 0.2) is 0 Å². The van der Waals surface area contributed by atoms with E-state index in [-0.39, 0.29) is 24.1 Å². The second-order valence-electron chi connectivity index (χ2n) is 4.79. The van der Waals surface area contributed by atoms with Crippen molar-refractivity contribution in [2.75, 3.05) is 27.2 Å². The summed E-state index contributed by atoms with van der Waals surface area (Å²) in [6.45, 7) is 3.01. The molecule has 1 N–H and O–H groups in total. The van der Waals surface area contributed by atoms with Crippen molar-refractivity contribution < 1.29 is 4.79 Å². The number of hydrogen-bond acceptors (Lipinski definition) is 4. The van der Waals surface area contributed by atoms with Crippen molar-refractivity contribution in [1.82, 2.24) is 25.0 Å². The summed E-state index contributed by atoms with van der Waals surface area (Å²) in [5.74, 6) is 0.410. The fourth-order valence-corrected chi connectivity index (χ4v) is 2.49. The molecular formula is C14H18Cl3N5O. The Morgan fingerprint density at radius 1 is 1.35 bits per heavy atom. The van der Waals surface area contributed by atoms with E-state index in [2.05, 4.69) is 15.4 Å². The number of nitrogens with one attached hydrogen (secondary N) is 1. The lowest BCUT2D eigenvalue weighted by atomic mass is 10.3. The third-order valence-corrected chi connectivity index (χ3v) is 3.76. The SMILES string of the molecule is CNCCN(C)C(=O)c1nc(C)n(-c2c(Cl)cccc2Cl)n1.Cl. The van der Waals surface area contributed by atoms with Crippen LogP contribution in [-0.4, -0.2) is 52.8 Å². The lowest BCUT2D eigenvalue weighted by Crippen LogP contribution is -2.33. The van der Waals surface area contributed by atoms with Gasteiger partial charge in [-0.15, -0.1) is 17.5 Å². The van der Waals surface area contributed by atoms with E-state index in [0.29, 0.717) is 34.6 Å². The topological polar surface area (TPSA) is 63.1 Å². The molecule has 0 atom stereocenters. The average Bonchev–Trinajstić information content (AvgIpc) is 2.85. The van der Waals surface area contributed by atoms with E-state index in [9.17, 15) is 4.79 Å². The number of amides is 1. The van der Waals surface area contributed by atoms with Crippen LogP contribution in [0, 0.1) is 6.92 Å². The number of carbonyl (C=O) groups is 1. The van der Waals surface area contributed by atoms with Crippen molar-refractivity contribution in [1.29, 1.82) is 0 Å². The average molecular weight is 379 g/mol. The van der Waals surface area contributed by atoms with Crippen LogP contribution in [0.3, 0.4) is 0 Å². The van der Waals surface area contributed by atoms with E-state index in [4.69, 9.17) is 23.2 Å². The first-order valence-electron chi connectivity index (χ1n) is 6.73. The number of hydrogen-bond donors (Lipinski definition) is 1. The van der Waals surface area contributed by atoms with E-state index >= 15 is 0 Å². The van der Waals surface area contributed by atoms with E-state index in [1.54, 1.807) is 37.1 Å². The number of aryl methyl sites for hydroxylation is 1. The lowest BCUT2D eigenvalue weighted by Gasteiger charge is -2.14. The molecule has 0 saturated heterocycles. The standard InChI is InChI=1S/C14H17Cl2N5O.ClH/c1-9-18-13(14(22)20(3)8-7-17-2)19-21(9)12-10(15)5-4-6-11(12)16;/h4-6,17H,7-8H2,1-3H3;1H. The summed E-state index contributed by atoms with van der Waals surface area (Å²) in [6.07, 6.45) is 0. The quantitative estimate of drug-likeness (QED) is 0.868. The van der Waals surface area contributed by atoms with Gasteiger partial charge in [0.1, 0.15) is 11.5 Å². The number of rotatable bonds is 5. The van der Waals surface area contributed by atoms with E-state index < -0.39 is 0 Å². The third-order valence-electron chi connectivity index (χ3n) is 3.15. The van der Waals surface area contributed by atoms with Crippen LogP contribution in [0.2, 0.25) is 10.0 Å². The van der Waals surface area contributed by atoms with E-state index in [0.717, 1.165) is 0 Å². The summed E-state index contributed by atoms with van der Waals surface area (Å²) in [4.78, 5) is 18.1. The molecule has 1 aromatic heterocycles. The Labute approximate surface area is 151 Å². The van der Waals surface area contributed by atoms with Crippen LogP contribution in [-0.2, 0) is 0 Å². The normalized spacial score (nSPS) is 10.3. The second kappa shape index (κ2) is 8.49. The number of likely N-dealkylation sites (N-methyl/N-ethyl adjacent to an activating group) is 2. The molecule has 0 fully saturated rings. The van der Waals surface area contributed by atoms with E-state index in [1.165, 1.54) is 4.68 Å². The number of carbonyl (C=O) groups excluding carboxylic acids is 1. The van der Waals surface area contributed by atoms with Gasteiger partial charge in [0.05, 0.1) is 10.0 Å². The third kappa shape index (κ3) is 4.35. The van der Waals surface area contributed by atoms with Crippen LogP contribution in [0.15, 0.2) is 18.2 Å². The van der Waals surface area contributed by atoms with Gasteiger partial charge in [-0.3, -0.25) is 4.79 Å². The van der Waals surface area contributed by atoms with Crippen molar-refractivity contribution in [3.63, 3.8) is 0 Å². The molecule has 6 nitrogen and oxygen atoms in total. The lowest BCUT2D eigenvalue weighted by molar-refractivity contribution is 0.0785. The molecule has 0 unspecified atom stereocenters. The molecule has 0 aliphatic rings. The van der Waals surface area contributed by atoms with Gasteiger partial charge in [-0.05, 0) is 26.1 Å². The number of benzene rings is 1. The number of para-hydroxylation sites is 1. The maximum atomic E-state index is 12.3. The summed E-state index contributed by atoms with van der Waals surface area (Å²) >= 11 is 12.4. The van der Waals surface area contributed by atoms with Crippen LogP contribution in [0.1, 0.15) is 16.4 Å². The Balaban J connectivity index is 0.00000264. The fraction of sp³-hybridized carbons (Fsp3) is 0.357. The molecule has 0 radical (unpaired) electrons. The predicted molar refractivity (Wildman–Crippen MR) is 94.3 cm³/mol. The van der Waals surface area contributed by atoms with Crippen molar-refractivity contribution in [2.45, 2.75) is 6.92 Å². The van der Waals surface area contributed by atoms with E-state index in [1.807, 2.05) is 7.05 Å². The monoisotopic (exact) mass is 377 g/mol. The molecule has 1 aromatic carbocycles. The minimum Gasteiger partial charge on any atom is -0.338 e. The highest BCUT2D eigenvalue weighted by molar-refractivity contribution is 6.37. The molecule has 0 aliphatic carbocycles. The molecule has 9 heteroatoms. The number of nitrogens with zero attached hydrogens (tertiary/aromatic N) is 4. The summed E-state index contributed by atoms with van der Waals surface area (Å²) in [5, 5.41) is 8.14. The predicted octanol–water partition coefficient (Wildman–Crippen LogP) is 2.60. The van der Waals surface area contributed by atoms with Crippen LogP contribution in [0.25, 0.3) is 5.69 Å². The van der Waals surface area contributed by atoms with Gasteiger partial charge in [0, 0.05) is 20.1 Å². The molecular weight excluding hydrogens is 361 g/mol. The van der Waals surface area contributed by atoms with Crippen LogP contribution >= 0.6 is 35.6 Å². The minimum atomic E-state index is -0.250. The van der Waals surface area contributed by atoms with Crippen molar-refractivity contribution in [3.05, 3.63) is 39.9 Å². The Morgan fingerprint density at radius 2 is 1.96 bits per heavy atom. The molecule has 126 valence electrons. The molecule has 0 aliphatic heterocycles. The van der Waals surface area contributed by atoms with Crippen LogP contribution < -0.4 is 5.32 Å². The molecule has 0 spiro atoms. The molecule has 0 saturated carbocycles. The minimum absolute atomic E-state index is 0. The highest BCUT2D eigenvalue weighted by atomic mass is 35.5. The number of halogens is 3. The first kappa shape index (κ1) is 19.7. The van der Waals surface area contributed by atoms with Gasteiger partial charge in [0.25, 0.3) is 5.91 Å². The Kier molecular flexibility index (Phi) is 7.28. The van der Waals surface area contributed by atoms with Crippen molar-refractivity contribution in [3.8, 4) is 5.69 Å². The molecule has 23 heavy (non-hydrogen) atoms. The summed E-state index contributed by atoms with van der Waals surface area (Å²) in [5.41, 5.74) is 0.521. The molecule has 0 bridgehead atoms. The zero-order valence-corrected chi connectivity index (χ0v) is 15.3. The smallest absolute Gasteiger partial charge is 0.293 e. The highest BCUT2D eigenvalue weighted by Crippen LogP contribution is 2.28. The summed E-state index contributed by atoms with van der Waals surface area (Å²) in [7, 11) is 3.53. The van der Waals surface area contributed by atoms with Gasteiger partial charge < -0.3 is 10.2 Å². The summed E-state index contributed by atoms with van der Waals surface area (Å²) < 4.78 is 1.49. The van der Waals surface area contributed by atoms with Gasteiger partial charge in [-0.25, -0.2) is 9.67 Å². The fourth-order valence-electron chi connectivity index (χ4n) is 1.94. The van der Waals surface area contributed by atoms with Crippen LogP contribution in [0.4, 0.5) is 0 Å². The highest BCUT2D eigenvalue weighted by Gasteiger charge is 2.20. The Bertz CT molecular complexity index is 669. The van der Waals surface area contributed by atoms with Crippen molar-refractivity contribution >= 4 is 41.5 Å².